The molecule has 1 saturated heterocycles. The summed E-state index contributed by atoms with van der Waals surface area (Å²) in [5, 5.41) is 4.18. The molecular formula is C16H21N5O. The van der Waals surface area contributed by atoms with Gasteiger partial charge in [0.1, 0.15) is 5.69 Å². The van der Waals surface area contributed by atoms with E-state index in [2.05, 4.69) is 10.1 Å². The highest BCUT2D eigenvalue weighted by Crippen LogP contribution is 2.20. The van der Waals surface area contributed by atoms with Gasteiger partial charge in [0.25, 0.3) is 5.91 Å². The minimum Gasteiger partial charge on any atom is -0.337 e. The van der Waals surface area contributed by atoms with Gasteiger partial charge in [-0.05, 0) is 43.9 Å². The normalized spacial score (nSPS) is 19.9. The summed E-state index contributed by atoms with van der Waals surface area (Å²) in [4.78, 5) is 18.8. The van der Waals surface area contributed by atoms with Crippen LogP contribution in [-0.4, -0.2) is 44.7 Å². The first-order valence-corrected chi connectivity index (χ1v) is 7.66. The van der Waals surface area contributed by atoms with E-state index in [4.69, 9.17) is 5.73 Å². The maximum absolute atomic E-state index is 12.7. The number of aromatic nitrogens is 3. The Labute approximate surface area is 129 Å². The van der Waals surface area contributed by atoms with Crippen molar-refractivity contribution in [3.8, 4) is 5.69 Å². The standard InChI is InChI=1S/C16H21N5O/c1-12(17)13-4-2-8-20(11-13)16(22)15-10-14(5-7-18-15)21-9-3-6-19-21/h3,5-7,9-10,12-13H,2,4,8,11,17H2,1H3/t12-,13-/m0/s1. The van der Waals surface area contributed by atoms with Gasteiger partial charge in [0, 0.05) is 37.7 Å². The highest BCUT2D eigenvalue weighted by molar-refractivity contribution is 5.92. The molecule has 0 aliphatic carbocycles. The van der Waals surface area contributed by atoms with Crippen LogP contribution in [0.2, 0.25) is 0 Å². The molecule has 2 aromatic rings. The highest BCUT2D eigenvalue weighted by atomic mass is 16.2. The Morgan fingerprint density at radius 3 is 3.05 bits per heavy atom. The Morgan fingerprint density at radius 1 is 1.45 bits per heavy atom. The molecule has 0 saturated carbocycles. The Kier molecular flexibility index (Phi) is 4.20. The SMILES string of the molecule is C[C@H](N)[C@H]1CCCN(C(=O)c2cc(-n3cccn3)ccn2)C1. The van der Waals surface area contributed by atoms with Crippen molar-refractivity contribution < 1.29 is 4.79 Å². The van der Waals surface area contributed by atoms with E-state index in [1.54, 1.807) is 23.1 Å². The van der Waals surface area contributed by atoms with Crippen LogP contribution in [0.25, 0.3) is 5.69 Å². The van der Waals surface area contributed by atoms with Crippen LogP contribution in [-0.2, 0) is 0 Å². The summed E-state index contributed by atoms with van der Waals surface area (Å²) in [6, 6.07) is 5.58. The number of carbonyl (C=O) groups is 1. The Bertz CT molecular complexity index is 638. The summed E-state index contributed by atoms with van der Waals surface area (Å²) in [6.45, 7) is 3.50. The minimum atomic E-state index is -0.0284. The molecule has 1 amide bonds. The summed E-state index contributed by atoms with van der Waals surface area (Å²) in [5.41, 5.74) is 7.29. The average molecular weight is 299 g/mol. The van der Waals surface area contributed by atoms with Gasteiger partial charge in [0.2, 0.25) is 0 Å². The second-order valence-electron chi connectivity index (χ2n) is 5.86. The van der Waals surface area contributed by atoms with Crippen molar-refractivity contribution in [2.75, 3.05) is 13.1 Å². The van der Waals surface area contributed by atoms with Crippen LogP contribution >= 0.6 is 0 Å². The monoisotopic (exact) mass is 299 g/mol. The second kappa shape index (κ2) is 6.27. The van der Waals surface area contributed by atoms with Gasteiger partial charge in [-0.15, -0.1) is 0 Å². The predicted molar refractivity (Wildman–Crippen MR) is 83.6 cm³/mol. The molecule has 0 aromatic carbocycles. The number of nitrogens with two attached hydrogens (primary N) is 1. The minimum absolute atomic E-state index is 0.0284. The lowest BCUT2D eigenvalue weighted by molar-refractivity contribution is 0.0655. The molecule has 0 unspecified atom stereocenters. The van der Waals surface area contributed by atoms with Crippen molar-refractivity contribution in [1.82, 2.24) is 19.7 Å². The molecule has 0 spiro atoms. The van der Waals surface area contributed by atoms with Gasteiger partial charge in [0.05, 0.1) is 5.69 Å². The van der Waals surface area contributed by atoms with E-state index in [1.165, 1.54) is 0 Å². The van der Waals surface area contributed by atoms with E-state index in [9.17, 15) is 4.79 Å². The number of nitrogens with zero attached hydrogens (tertiary/aromatic N) is 4. The van der Waals surface area contributed by atoms with Crippen molar-refractivity contribution in [2.24, 2.45) is 11.7 Å². The average Bonchev–Trinajstić information content (AvgIpc) is 3.09. The third-order valence-corrected chi connectivity index (χ3v) is 4.22. The summed E-state index contributed by atoms with van der Waals surface area (Å²) < 4.78 is 1.72. The molecule has 2 atom stereocenters. The first-order chi connectivity index (χ1) is 10.6. The van der Waals surface area contributed by atoms with Crippen LogP contribution in [0.5, 0.6) is 0 Å². The van der Waals surface area contributed by atoms with E-state index in [1.807, 2.05) is 30.2 Å². The van der Waals surface area contributed by atoms with E-state index < -0.39 is 0 Å². The Balaban J connectivity index is 1.79. The molecule has 116 valence electrons. The number of amides is 1. The van der Waals surface area contributed by atoms with Gasteiger partial charge >= 0.3 is 0 Å². The Morgan fingerprint density at radius 2 is 2.32 bits per heavy atom. The zero-order chi connectivity index (χ0) is 15.5. The molecular weight excluding hydrogens is 278 g/mol. The maximum Gasteiger partial charge on any atom is 0.272 e. The smallest absolute Gasteiger partial charge is 0.272 e. The topological polar surface area (TPSA) is 77.0 Å². The fraction of sp³-hybridized carbons (Fsp3) is 0.438. The van der Waals surface area contributed by atoms with Crippen molar-refractivity contribution in [2.45, 2.75) is 25.8 Å². The number of piperidine rings is 1. The van der Waals surface area contributed by atoms with Crippen LogP contribution in [0.4, 0.5) is 0 Å². The molecule has 1 aliphatic heterocycles. The summed E-state index contributed by atoms with van der Waals surface area (Å²) in [6.07, 6.45) is 7.28. The fourth-order valence-electron chi connectivity index (χ4n) is 2.89. The number of carbonyl (C=O) groups excluding carboxylic acids is 1. The van der Waals surface area contributed by atoms with Gasteiger partial charge in [-0.25, -0.2) is 4.68 Å². The van der Waals surface area contributed by atoms with Gasteiger partial charge < -0.3 is 10.6 Å². The third kappa shape index (κ3) is 3.01. The number of rotatable bonds is 3. The summed E-state index contributed by atoms with van der Waals surface area (Å²) in [5.74, 6) is 0.339. The van der Waals surface area contributed by atoms with E-state index in [-0.39, 0.29) is 11.9 Å². The Hall–Kier alpha value is -2.21. The van der Waals surface area contributed by atoms with Crippen molar-refractivity contribution >= 4 is 5.91 Å². The molecule has 3 heterocycles. The lowest BCUT2D eigenvalue weighted by Crippen LogP contribution is -2.45. The molecule has 6 nitrogen and oxygen atoms in total. The lowest BCUT2D eigenvalue weighted by Gasteiger charge is -2.34. The molecule has 0 radical (unpaired) electrons. The van der Waals surface area contributed by atoms with Crippen LogP contribution in [0.3, 0.4) is 0 Å². The van der Waals surface area contributed by atoms with Crippen LogP contribution in [0.15, 0.2) is 36.8 Å². The van der Waals surface area contributed by atoms with Crippen molar-refractivity contribution in [3.05, 3.63) is 42.5 Å². The van der Waals surface area contributed by atoms with Gasteiger partial charge in [-0.1, -0.05) is 0 Å². The number of pyridine rings is 1. The lowest BCUT2D eigenvalue weighted by atomic mass is 9.92. The van der Waals surface area contributed by atoms with Gasteiger partial charge in [-0.3, -0.25) is 9.78 Å². The fourth-order valence-corrected chi connectivity index (χ4v) is 2.89. The largest absolute Gasteiger partial charge is 0.337 e. The van der Waals surface area contributed by atoms with Crippen molar-refractivity contribution in [1.29, 1.82) is 0 Å². The zero-order valence-corrected chi connectivity index (χ0v) is 12.7. The number of hydrogen-bond donors (Lipinski definition) is 1. The molecule has 2 N–H and O–H groups in total. The predicted octanol–water partition coefficient (Wildman–Crippen LogP) is 1.47. The van der Waals surface area contributed by atoms with E-state index in [0.29, 0.717) is 18.2 Å². The highest BCUT2D eigenvalue weighted by Gasteiger charge is 2.27. The van der Waals surface area contributed by atoms with E-state index >= 15 is 0 Å². The van der Waals surface area contributed by atoms with Crippen LogP contribution in [0.1, 0.15) is 30.3 Å². The first-order valence-electron chi connectivity index (χ1n) is 7.66. The van der Waals surface area contributed by atoms with Gasteiger partial charge in [0.15, 0.2) is 0 Å². The second-order valence-corrected chi connectivity index (χ2v) is 5.86. The quantitative estimate of drug-likeness (QED) is 0.931. The van der Waals surface area contributed by atoms with Gasteiger partial charge in [-0.2, -0.15) is 5.10 Å². The summed E-state index contributed by atoms with van der Waals surface area (Å²) in [7, 11) is 0. The van der Waals surface area contributed by atoms with Crippen molar-refractivity contribution in [3.63, 3.8) is 0 Å². The molecule has 2 aromatic heterocycles. The molecule has 1 fully saturated rings. The molecule has 22 heavy (non-hydrogen) atoms. The third-order valence-electron chi connectivity index (χ3n) is 4.22. The van der Waals surface area contributed by atoms with Crippen LogP contribution in [0, 0.1) is 5.92 Å². The number of hydrogen-bond acceptors (Lipinski definition) is 4. The molecule has 6 heteroatoms. The molecule has 1 aliphatic rings. The summed E-state index contributed by atoms with van der Waals surface area (Å²) >= 11 is 0. The van der Waals surface area contributed by atoms with Crippen LogP contribution < -0.4 is 5.73 Å². The van der Waals surface area contributed by atoms with E-state index in [0.717, 1.165) is 25.1 Å². The number of likely N-dealkylation sites (tertiary alicyclic amines) is 1. The molecule has 3 rings (SSSR count). The maximum atomic E-state index is 12.7. The first kappa shape index (κ1) is 14.7. The zero-order valence-electron chi connectivity index (χ0n) is 12.7. The molecule has 0 bridgehead atoms.